The number of para-hydroxylation sites is 2. The second kappa shape index (κ2) is 13.9. The van der Waals surface area contributed by atoms with Gasteiger partial charge in [-0.1, -0.05) is 12.1 Å². The smallest absolute Gasteiger partial charge is 0.356 e. The van der Waals surface area contributed by atoms with Crippen molar-refractivity contribution >= 4 is 22.7 Å². The standard InChI is InChI=1S/C16H7F12N.C14H9F6N/c17-13(18,19)7-3-1-4-8(14(20,21)22)11(7)29-12-9(15(23,24)25)5-2-6-10(12)16(26,27)28;15-13(16,17)9-1-5-11(6-2-9)21-12-7-3-10(4-8-12)14(18,19)20/h1-6,29H;1-8,21H. The van der Waals surface area contributed by atoms with Crippen molar-refractivity contribution in [2.75, 3.05) is 10.6 Å². The van der Waals surface area contributed by atoms with Gasteiger partial charge in [0.25, 0.3) is 0 Å². The second-order valence-electron chi connectivity index (χ2n) is 9.85. The van der Waals surface area contributed by atoms with Crippen molar-refractivity contribution in [2.45, 2.75) is 37.1 Å². The summed E-state index contributed by atoms with van der Waals surface area (Å²) in [5.74, 6) is 0. The molecule has 0 saturated heterocycles. The largest absolute Gasteiger partial charge is 0.418 e. The van der Waals surface area contributed by atoms with Crippen LogP contribution in [0.4, 0.5) is 102 Å². The summed E-state index contributed by atoms with van der Waals surface area (Å²) in [6.07, 6.45) is -30.9. The van der Waals surface area contributed by atoms with E-state index in [2.05, 4.69) is 5.32 Å². The van der Waals surface area contributed by atoms with E-state index in [1.807, 2.05) is 0 Å². The predicted octanol–water partition coefficient (Wildman–Crippen LogP) is 13.0. The number of rotatable bonds is 4. The highest BCUT2D eigenvalue weighted by atomic mass is 19.4. The summed E-state index contributed by atoms with van der Waals surface area (Å²) in [7, 11) is 0. The van der Waals surface area contributed by atoms with Crippen LogP contribution in [-0.2, 0) is 37.1 Å². The Bertz CT molecular complexity index is 1550. The van der Waals surface area contributed by atoms with Crippen LogP contribution in [0.1, 0.15) is 33.4 Å². The maximum absolute atomic E-state index is 13.1. The third-order valence-electron chi connectivity index (χ3n) is 6.31. The van der Waals surface area contributed by atoms with Gasteiger partial charge < -0.3 is 10.6 Å². The molecule has 4 aromatic carbocycles. The quantitative estimate of drug-likeness (QED) is 0.203. The fourth-order valence-electron chi connectivity index (χ4n) is 4.10. The molecule has 0 aromatic heterocycles. The molecule has 0 aliphatic heterocycles. The SMILES string of the molecule is FC(F)(F)c1ccc(Nc2ccc(C(F)(F)F)cc2)cc1.FC(F)(F)c1cccc(C(F)(F)F)c1Nc1c(C(F)(F)F)cccc1C(F)(F)F. The van der Waals surface area contributed by atoms with Gasteiger partial charge in [0, 0.05) is 11.4 Å². The highest BCUT2D eigenvalue weighted by Crippen LogP contribution is 2.48. The zero-order valence-corrected chi connectivity index (χ0v) is 23.9. The number of nitrogens with one attached hydrogen (secondary N) is 2. The summed E-state index contributed by atoms with van der Waals surface area (Å²) < 4.78 is 232. The fourth-order valence-corrected chi connectivity index (χ4v) is 4.10. The van der Waals surface area contributed by atoms with Gasteiger partial charge in [0.15, 0.2) is 0 Å². The van der Waals surface area contributed by atoms with E-state index in [1.54, 1.807) is 0 Å². The van der Waals surface area contributed by atoms with Gasteiger partial charge in [0.05, 0.1) is 44.8 Å². The summed E-state index contributed by atoms with van der Waals surface area (Å²) in [5.41, 5.74) is -13.2. The third kappa shape index (κ3) is 10.1. The van der Waals surface area contributed by atoms with Crippen molar-refractivity contribution in [3.8, 4) is 0 Å². The molecule has 0 bridgehead atoms. The van der Waals surface area contributed by atoms with Crippen molar-refractivity contribution in [1.82, 2.24) is 0 Å². The number of alkyl halides is 18. The molecular formula is C30H16F18N2. The van der Waals surface area contributed by atoms with Crippen LogP contribution in [0.5, 0.6) is 0 Å². The minimum Gasteiger partial charge on any atom is -0.356 e. The highest BCUT2D eigenvalue weighted by Gasteiger charge is 2.45. The van der Waals surface area contributed by atoms with E-state index in [0.29, 0.717) is 23.5 Å². The molecule has 0 aliphatic carbocycles. The van der Waals surface area contributed by atoms with E-state index < -0.39 is 81.8 Å². The predicted molar refractivity (Wildman–Crippen MR) is 142 cm³/mol. The molecule has 50 heavy (non-hydrogen) atoms. The van der Waals surface area contributed by atoms with E-state index in [-0.39, 0.29) is 24.3 Å². The monoisotopic (exact) mass is 746 g/mol. The van der Waals surface area contributed by atoms with Gasteiger partial charge in [0.2, 0.25) is 0 Å². The highest BCUT2D eigenvalue weighted by molar-refractivity contribution is 5.74. The molecule has 272 valence electrons. The molecule has 0 radical (unpaired) electrons. The van der Waals surface area contributed by atoms with Gasteiger partial charge in [-0.2, -0.15) is 79.0 Å². The van der Waals surface area contributed by atoms with Gasteiger partial charge >= 0.3 is 37.1 Å². The molecule has 0 atom stereocenters. The minimum atomic E-state index is -5.50. The molecule has 4 aromatic rings. The van der Waals surface area contributed by atoms with Gasteiger partial charge in [-0.05, 0) is 72.8 Å². The first-order chi connectivity index (χ1) is 22.6. The zero-order valence-electron chi connectivity index (χ0n) is 23.9. The van der Waals surface area contributed by atoms with E-state index in [0.717, 1.165) is 29.6 Å². The molecule has 2 nitrogen and oxygen atoms in total. The maximum atomic E-state index is 13.1. The maximum Gasteiger partial charge on any atom is 0.418 e. The van der Waals surface area contributed by atoms with Crippen LogP contribution in [0.15, 0.2) is 84.9 Å². The first kappa shape index (κ1) is 39.7. The van der Waals surface area contributed by atoms with Crippen LogP contribution in [0.3, 0.4) is 0 Å². The molecule has 0 heterocycles. The molecular weight excluding hydrogens is 730 g/mol. The van der Waals surface area contributed by atoms with E-state index in [1.165, 1.54) is 24.3 Å². The molecule has 0 fully saturated rings. The summed E-state index contributed by atoms with van der Waals surface area (Å²) in [6.45, 7) is 0. The Morgan fingerprint density at radius 1 is 0.280 bits per heavy atom. The van der Waals surface area contributed by atoms with Crippen molar-refractivity contribution in [3.05, 3.63) is 118 Å². The molecule has 4 rings (SSSR count). The summed E-state index contributed by atoms with van der Waals surface area (Å²) in [4.78, 5) is 0. The molecule has 0 spiro atoms. The lowest BCUT2D eigenvalue weighted by Gasteiger charge is -2.24. The number of hydrogen-bond acceptors (Lipinski definition) is 2. The van der Waals surface area contributed by atoms with Gasteiger partial charge in [-0.15, -0.1) is 0 Å². The number of hydrogen-bond donors (Lipinski definition) is 2. The Kier molecular flexibility index (Phi) is 11.0. The Hall–Kier alpha value is -4.78. The Morgan fingerprint density at radius 2 is 0.520 bits per heavy atom. The Labute approximate surface area is 268 Å². The number of benzene rings is 4. The van der Waals surface area contributed by atoms with Crippen molar-refractivity contribution in [3.63, 3.8) is 0 Å². The van der Waals surface area contributed by atoms with E-state index in [9.17, 15) is 79.0 Å². The van der Waals surface area contributed by atoms with Crippen molar-refractivity contribution < 1.29 is 79.0 Å². The Balaban J connectivity index is 0.000000284. The average Bonchev–Trinajstić information content (AvgIpc) is 2.95. The van der Waals surface area contributed by atoms with Gasteiger partial charge in [0.1, 0.15) is 0 Å². The number of anilines is 4. The van der Waals surface area contributed by atoms with E-state index in [4.69, 9.17) is 0 Å². The van der Waals surface area contributed by atoms with Crippen LogP contribution in [0, 0.1) is 0 Å². The first-order valence-corrected chi connectivity index (χ1v) is 13.0. The molecule has 0 saturated carbocycles. The van der Waals surface area contributed by atoms with Crippen LogP contribution < -0.4 is 10.6 Å². The second-order valence-corrected chi connectivity index (χ2v) is 9.85. The summed E-state index contributed by atoms with van der Waals surface area (Å²) in [5, 5.41) is 3.85. The third-order valence-corrected chi connectivity index (χ3v) is 6.31. The molecule has 0 amide bonds. The average molecular weight is 746 g/mol. The molecule has 2 N–H and O–H groups in total. The first-order valence-electron chi connectivity index (χ1n) is 13.0. The number of halogens is 18. The lowest BCUT2D eigenvalue weighted by molar-refractivity contribution is -0.142. The topological polar surface area (TPSA) is 24.1 Å². The van der Waals surface area contributed by atoms with E-state index >= 15 is 0 Å². The van der Waals surface area contributed by atoms with Crippen LogP contribution in [0.25, 0.3) is 0 Å². The zero-order chi connectivity index (χ0) is 38.1. The van der Waals surface area contributed by atoms with Gasteiger partial charge in [-0.25, -0.2) is 0 Å². The molecule has 0 unspecified atom stereocenters. The normalized spacial score (nSPS) is 13.0. The fraction of sp³-hybridized carbons (Fsp3) is 0.200. The van der Waals surface area contributed by atoms with Crippen LogP contribution >= 0.6 is 0 Å². The van der Waals surface area contributed by atoms with Crippen molar-refractivity contribution in [2.24, 2.45) is 0 Å². The Morgan fingerprint density at radius 3 is 0.720 bits per heavy atom. The van der Waals surface area contributed by atoms with Crippen LogP contribution in [-0.4, -0.2) is 0 Å². The lowest BCUT2D eigenvalue weighted by Crippen LogP contribution is -2.19. The molecule has 0 aliphatic rings. The van der Waals surface area contributed by atoms with Crippen LogP contribution in [0.2, 0.25) is 0 Å². The summed E-state index contributed by atoms with van der Waals surface area (Å²) >= 11 is 0. The minimum absolute atomic E-state index is 0.0983. The molecule has 20 heteroatoms. The lowest BCUT2D eigenvalue weighted by atomic mass is 10.0. The summed E-state index contributed by atoms with van der Waals surface area (Å²) in [6, 6.07) is 9.47. The van der Waals surface area contributed by atoms with Crippen molar-refractivity contribution in [1.29, 1.82) is 0 Å². The van der Waals surface area contributed by atoms with Gasteiger partial charge in [-0.3, -0.25) is 0 Å².